The van der Waals surface area contributed by atoms with Gasteiger partial charge in [-0.2, -0.15) is 12.6 Å². The van der Waals surface area contributed by atoms with E-state index in [9.17, 15) is 14.4 Å². The first-order chi connectivity index (χ1) is 15.0. The van der Waals surface area contributed by atoms with Crippen LogP contribution < -0.4 is 10.6 Å². The molecule has 1 aromatic carbocycles. The number of carbonyl (C=O) groups excluding carboxylic acids is 3. The van der Waals surface area contributed by atoms with Crippen LogP contribution in [0.5, 0.6) is 0 Å². The predicted molar refractivity (Wildman–Crippen MR) is 131 cm³/mol. The molecule has 0 saturated heterocycles. The fourth-order valence-corrected chi connectivity index (χ4v) is 3.34. The lowest BCUT2D eigenvalue weighted by Crippen LogP contribution is -2.53. The molecule has 0 heterocycles. The molecule has 178 valence electrons. The van der Waals surface area contributed by atoms with E-state index < -0.39 is 29.7 Å². The Morgan fingerprint density at radius 1 is 1.28 bits per heavy atom. The molecule has 2 N–H and O–H groups in total. The van der Waals surface area contributed by atoms with Crippen molar-refractivity contribution in [1.82, 2.24) is 15.5 Å². The molecular formula is C24H37N3O4S. The lowest BCUT2D eigenvalue weighted by Gasteiger charge is -2.33. The summed E-state index contributed by atoms with van der Waals surface area (Å²) in [5, 5.41) is 5.50. The summed E-state index contributed by atoms with van der Waals surface area (Å²) in [4.78, 5) is 40.4. The zero-order chi connectivity index (χ0) is 24.3. The minimum atomic E-state index is -0.969. The number of unbranched alkanes of at least 4 members (excludes halogenated alkanes) is 1. The zero-order valence-corrected chi connectivity index (χ0v) is 20.7. The molecule has 0 bridgehead atoms. The van der Waals surface area contributed by atoms with Gasteiger partial charge >= 0.3 is 6.09 Å². The third kappa shape index (κ3) is 8.94. The van der Waals surface area contributed by atoms with Gasteiger partial charge in [0.2, 0.25) is 11.8 Å². The van der Waals surface area contributed by atoms with Crippen LogP contribution in [0, 0.1) is 6.92 Å². The van der Waals surface area contributed by atoms with Crippen LogP contribution in [0.15, 0.2) is 36.9 Å². The Hall–Kier alpha value is -2.48. The van der Waals surface area contributed by atoms with E-state index in [-0.39, 0.29) is 18.2 Å². The van der Waals surface area contributed by atoms with Crippen molar-refractivity contribution in [1.29, 1.82) is 0 Å². The van der Waals surface area contributed by atoms with Crippen LogP contribution in [0.25, 0.3) is 0 Å². The molecule has 32 heavy (non-hydrogen) atoms. The predicted octanol–water partition coefficient (Wildman–Crippen LogP) is 3.79. The van der Waals surface area contributed by atoms with Crippen LogP contribution in [-0.4, -0.2) is 53.3 Å². The van der Waals surface area contributed by atoms with E-state index in [0.29, 0.717) is 12.1 Å². The summed E-state index contributed by atoms with van der Waals surface area (Å²) in [6.45, 7) is 13.6. The zero-order valence-electron chi connectivity index (χ0n) is 19.8. The van der Waals surface area contributed by atoms with Gasteiger partial charge in [-0.25, -0.2) is 4.79 Å². The highest BCUT2D eigenvalue weighted by Gasteiger charge is 2.35. The highest BCUT2D eigenvalue weighted by molar-refractivity contribution is 7.80. The first-order valence-electron chi connectivity index (χ1n) is 10.9. The topological polar surface area (TPSA) is 87.7 Å². The summed E-state index contributed by atoms with van der Waals surface area (Å²) in [6.07, 6.45) is 2.61. The number of benzene rings is 1. The number of ether oxygens (including phenoxy) is 1. The quantitative estimate of drug-likeness (QED) is 0.265. The molecule has 0 aliphatic heterocycles. The molecule has 2 unspecified atom stereocenters. The van der Waals surface area contributed by atoms with Gasteiger partial charge in [-0.15, -0.1) is 6.58 Å². The van der Waals surface area contributed by atoms with Crippen molar-refractivity contribution in [3.05, 3.63) is 48.0 Å². The van der Waals surface area contributed by atoms with Crippen molar-refractivity contribution in [3.63, 3.8) is 0 Å². The van der Waals surface area contributed by atoms with Crippen LogP contribution in [-0.2, 0) is 14.3 Å². The summed E-state index contributed by atoms with van der Waals surface area (Å²) in [6, 6.07) is 5.63. The van der Waals surface area contributed by atoms with Gasteiger partial charge in [0.15, 0.2) is 0 Å². The maximum absolute atomic E-state index is 13.5. The van der Waals surface area contributed by atoms with E-state index in [1.165, 1.54) is 4.90 Å². The van der Waals surface area contributed by atoms with Crippen molar-refractivity contribution in [2.24, 2.45) is 0 Å². The Kier molecular flexibility index (Phi) is 11.3. The largest absolute Gasteiger partial charge is 0.444 e. The van der Waals surface area contributed by atoms with E-state index >= 15 is 0 Å². The SMILES string of the molecule is C=CCN(C(=O)C(CS)NC(=O)OC(C)(C)C)C(C(=O)NCCCC)c1cccc(C)c1. The molecule has 8 heteroatoms. The molecule has 1 aromatic rings. The number of aryl methyl sites for hydroxylation is 1. The molecule has 0 saturated carbocycles. The van der Waals surface area contributed by atoms with Crippen LogP contribution in [0.1, 0.15) is 57.7 Å². The van der Waals surface area contributed by atoms with E-state index in [0.717, 1.165) is 18.4 Å². The number of alkyl carbamates (subject to hydrolysis) is 1. The first kappa shape index (κ1) is 27.6. The van der Waals surface area contributed by atoms with Gasteiger partial charge in [0.25, 0.3) is 0 Å². The number of nitrogens with one attached hydrogen (secondary N) is 2. The first-order valence-corrected chi connectivity index (χ1v) is 11.5. The van der Waals surface area contributed by atoms with Gasteiger partial charge in [0, 0.05) is 18.8 Å². The fourth-order valence-electron chi connectivity index (χ4n) is 3.10. The maximum Gasteiger partial charge on any atom is 0.408 e. The minimum absolute atomic E-state index is 0.0453. The summed E-state index contributed by atoms with van der Waals surface area (Å²) in [5.41, 5.74) is 0.945. The minimum Gasteiger partial charge on any atom is -0.444 e. The molecule has 0 aromatic heterocycles. The van der Waals surface area contributed by atoms with Gasteiger partial charge in [-0.3, -0.25) is 9.59 Å². The second-order valence-electron chi connectivity index (χ2n) is 8.62. The Bertz CT molecular complexity index is 792. The number of amides is 3. The molecule has 0 spiro atoms. The van der Waals surface area contributed by atoms with Gasteiger partial charge in [0.1, 0.15) is 17.7 Å². The number of rotatable bonds is 11. The summed E-state index contributed by atoms with van der Waals surface area (Å²) in [5.74, 6) is -0.679. The lowest BCUT2D eigenvalue weighted by molar-refractivity contribution is -0.141. The van der Waals surface area contributed by atoms with E-state index in [1.807, 2.05) is 38.1 Å². The number of nitrogens with zero attached hydrogens (tertiary/aromatic N) is 1. The Balaban J connectivity index is 3.27. The van der Waals surface area contributed by atoms with Gasteiger partial charge < -0.3 is 20.3 Å². The Labute approximate surface area is 197 Å². The maximum atomic E-state index is 13.5. The average Bonchev–Trinajstić information content (AvgIpc) is 2.70. The third-order valence-corrected chi connectivity index (χ3v) is 4.89. The standard InChI is InChI=1S/C24H37N3O4S/c1-7-9-13-25-21(28)20(18-12-10-11-17(3)15-18)27(14-8-2)22(29)19(16-32)26-23(30)31-24(4,5)6/h8,10-12,15,19-20,32H,2,7,9,13-14,16H2,1,3-6H3,(H,25,28)(H,26,30). The third-order valence-electron chi connectivity index (χ3n) is 4.53. The van der Waals surface area contributed by atoms with Crippen LogP contribution in [0.2, 0.25) is 0 Å². The molecule has 7 nitrogen and oxygen atoms in total. The monoisotopic (exact) mass is 463 g/mol. The van der Waals surface area contributed by atoms with Gasteiger partial charge in [-0.1, -0.05) is 49.2 Å². The number of thiol groups is 1. The second-order valence-corrected chi connectivity index (χ2v) is 8.99. The highest BCUT2D eigenvalue weighted by atomic mass is 32.1. The normalized spacial score (nSPS) is 12.9. The smallest absolute Gasteiger partial charge is 0.408 e. The Morgan fingerprint density at radius 3 is 2.50 bits per heavy atom. The van der Waals surface area contributed by atoms with Crippen molar-refractivity contribution < 1.29 is 19.1 Å². The second kappa shape index (κ2) is 13.2. The molecule has 0 aliphatic carbocycles. The van der Waals surface area contributed by atoms with Crippen molar-refractivity contribution >= 4 is 30.5 Å². The van der Waals surface area contributed by atoms with Crippen molar-refractivity contribution in [3.8, 4) is 0 Å². The van der Waals surface area contributed by atoms with E-state index in [1.54, 1.807) is 26.8 Å². The molecule has 3 amide bonds. The number of hydrogen-bond acceptors (Lipinski definition) is 5. The van der Waals surface area contributed by atoms with Crippen LogP contribution in [0.3, 0.4) is 0 Å². The van der Waals surface area contributed by atoms with E-state index in [4.69, 9.17) is 4.74 Å². The molecule has 2 atom stereocenters. The van der Waals surface area contributed by atoms with Crippen molar-refractivity contribution in [2.75, 3.05) is 18.8 Å². The van der Waals surface area contributed by atoms with Crippen molar-refractivity contribution in [2.45, 2.75) is 65.1 Å². The molecule has 0 fully saturated rings. The molecular weight excluding hydrogens is 426 g/mol. The van der Waals surface area contributed by atoms with Crippen LogP contribution in [0.4, 0.5) is 4.79 Å². The van der Waals surface area contributed by atoms with Crippen LogP contribution >= 0.6 is 12.6 Å². The molecule has 0 aliphatic rings. The summed E-state index contributed by atoms with van der Waals surface area (Å²) in [7, 11) is 0. The number of hydrogen-bond donors (Lipinski definition) is 3. The number of carbonyl (C=O) groups is 3. The highest BCUT2D eigenvalue weighted by Crippen LogP contribution is 2.24. The molecule has 1 rings (SSSR count). The average molecular weight is 464 g/mol. The molecule has 0 radical (unpaired) electrons. The van der Waals surface area contributed by atoms with Gasteiger partial charge in [0.05, 0.1) is 0 Å². The van der Waals surface area contributed by atoms with Gasteiger partial charge in [-0.05, 0) is 39.7 Å². The lowest BCUT2D eigenvalue weighted by atomic mass is 10.0. The Morgan fingerprint density at radius 2 is 1.97 bits per heavy atom. The summed E-state index contributed by atoms with van der Waals surface area (Å²) < 4.78 is 5.28. The fraction of sp³-hybridized carbons (Fsp3) is 0.542. The van der Waals surface area contributed by atoms with E-state index in [2.05, 4.69) is 29.8 Å². The summed E-state index contributed by atoms with van der Waals surface area (Å²) >= 11 is 4.25.